The molecule has 2 aromatic carbocycles. The van der Waals surface area contributed by atoms with Crippen molar-refractivity contribution in [3.05, 3.63) is 53.7 Å². The van der Waals surface area contributed by atoms with E-state index < -0.39 is 15.1 Å². The van der Waals surface area contributed by atoms with E-state index in [1.54, 1.807) is 38.1 Å². The lowest BCUT2D eigenvalue weighted by Gasteiger charge is -2.17. The van der Waals surface area contributed by atoms with Crippen LogP contribution in [0.3, 0.4) is 0 Å². The minimum atomic E-state index is -3.52. The first-order valence-corrected chi connectivity index (χ1v) is 14.1. The van der Waals surface area contributed by atoms with E-state index >= 15 is 0 Å². The molecule has 2 N–H and O–H groups in total. The van der Waals surface area contributed by atoms with Gasteiger partial charge in [-0.3, -0.25) is 0 Å². The lowest BCUT2D eigenvalue weighted by molar-refractivity contribution is 0.207. The van der Waals surface area contributed by atoms with E-state index in [2.05, 4.69) is 32.5 Å². The van der Waals surface area contributed by atoms with Gasteiger partial charge in [0.1, 0.15) is 22.6 Å². The fraction of sp³-hybridized carbons (Fsp3) is 0.385. The molecule has 0 radical (unpaired) electrons. The van der Waals surface area contributed by atoms with Gasteiger partial charge < -0.3 is 25.0 Å². The molecule has 1 aromatic heterocycles. The standard InChI is InChI=1S/C26H32ClN5O4S/c1-5-35-23-14-18(36-19-12-13-32(4)16-19)10-11-21(23)30-26-28-15-20(27)25(31-26)29-22-8-6-7-9-24(22)37(33,34)17(2)3/h6-11,14-15,17,19H,5,12-13,16H2,1-4H3,(H2,28,29,30,31). The quantitative estimate of drug-likeness (QED) is 0.352. The molecule has 1 fully saturated rings. The predicted molar refractivity (Wildman–Crippen MR) is 147 cm³/mol. The molecule has 11 heteroatoms. The van der Waals surface area contributed by atoms with Gasteiger partial charge in [0.25, 0.3) is 0 Å². The van der Waals surface area contributed by atoms with E-state index in [0.717, 1.165) is 25.3 Å². The second kappa shape index (κ2) is 11.5. The molecule has 1 aliphatic heterocycles. The van der Waals surface area contributed by atoms with E-state index in [1.807, 2.05) is 25.1 Å². The SMILES string of the molecule is CCOc1cc(OC2CCN(C)C2)ccc1Nc1ncc(Cl)c(Nc2ccccc2S(=O)(=O)C(C)C)n1. The van der Waals surface area contributed by atoms with Crippen LogP contribution in [0.4, 0.5) is 23.1 Å². The van der Waals surface area contributed by atoms with Crippen LogP contribution in [0.1, 0.15) is 27.2 Å². The van der Waals surface area contributed by atoms with Crippen molar-refractivity contribution in [2.75, 3.05) is 37.4 Å². The summed E-state index contributed by atoms with van der Waals surface area (Å²) < 4.78 is 37.7. The maximum Gasteiger partial charge on any atom is 0.229 e. The van der Waals surface area contributed by atoms with Gasteiger partial charge in [-0.1, -0.05) is 23.7 Å². The van der Waals surface area contributed by atoms with Crippen molar-refractivity contribution in [3.8, 4) is 11.5 Å². The highest BCUT2D eigenvalue weighted by atomic mass is 35.5. The molecule has 1 atom stereocenters. The van der Waals surface area contributed by atoms with Gasteiger partial charge >= 0.3 is 0 Å². The van der Waals surface area contributed by atoms with Crippen LogP contribution in [-0.4, -0.2) is 61.4 Å². The number of para-hydroxylation sites is 1. The first kappa shape index (κ1) is 27.0. The average Bonchev–Trinajstić information content (AvgIpc) is 3.27. The molecule has 1 saturated heterocycles. The number of hydrogen-bond donors (Lipinski definition) is 2. The van der Waals surface area contributed by atoms with Gasteiger partial charge in [0.2, 0.25) is 5.95 Å². The maximum atomic E-state index is 12.8. The Bertz CT molecular complexity index is 1350. The topological polar surface area (TPSA) is 106 Å². The number of aromatic nitrogens is 2. The van der Waals surface area contributed by atoms with E-state index in [1.165, 1.54) is 6.20 Å². The zero-order valence-electron chi connectivity index (χ0n) is 21.4. The molecule has 4 rings (SSSR count). The Morgan fingerprint density at radius 3 is 2.65 bits per heavy atom. The van der Waals surface area contributed by atoms with Gasteiger partial charge in [-0.25, -0.2) is 13.4 Å². The molecule has 0 amide bonds. The molecule has 9 nitrogen and oxygen atoms in total. The normalized spacial score (nSPS) is 16.1. The number of benzene rings is 2. The van der Waals surface area contributed by atoms with Crippen LogP contribution >= 0.6 is 11.6 Å². The second-order valence-corrected chi connectivity index (χ2v) is 12.0. The van der Waals surface area contributed by atoms with Gasteiger partial charge in [-0.05, 0) is 58.5 Å². The number of likely N-dealkylation sites (N-methyl/N-ethyl adjacent to an activating group) is 1. The monoisotopic (exact) mass is 545 g/mol. The maximum absolute atomic E-state index is 12.8. The summed E-state index contributed by atoms with van der Waals surface area (Å²) in [4.78, 5) is 11.2. The third kappa shape index (κ3) is 6.44. The van der Waals surface area contributed by atoms with Crippen molar-refractivity contribution in [2.45, 2.75) is 43.4 Å². The summed E-state index contributed by atoms with van der Waals surface area (Å²) in [5, 5.41) is 5.91. The highest BCUT2D eigenvalue weighted by molar-refractivity contribution is 7.92. The summed E-state index contributed by atoms with van der Waals surface area (Å²) in [6.07, 6.45) is 2.58. The summed E-state index contributed by atoms with van der Waals surface area (Å²) in [5.41, 5.74) is 1.05. The van der Waals surface area contributed by atoms with Crippen molar-refractivity contribution >= 4 is 44.6 Å². The number of anilines is 4. The summed E-state index contributed by atoms with van der Waals surface area (Å²) >= 11 is 6.36. The summed E-state index contributed by atoms with van der Waals surface area (Å²) in [6, 6.07) is 12.3. The van der Waals surface area contributed by atoms with E-state index in [-0.39, 0.29) is 27.8 Å². The van der Waals surface area contributed by atoms with Crippen LogP contribution in [0.25, 0.3) is 0 Å². The first-order valence-electron chi connectivity index (χ1n) is 12.2. The minimum absolute atomic E-state index is 0.147. The summed E-state index contributed by atoms with van der Waals surface area (Å²) in [6.45, 7) is 7.57. The molecule has 1 unspecified atom stereocenters. The summed E-state index contributed by atoms with van der Waals surface area (Å²) in [7, 11) is -1.44. The molecule has 3 aromatic rings. The van der Waals surface area contributed by atoms with Gasteiger partial charge in [-0.15, -0.1) is 0 Å². The van der Waals surface area contributed by atoms with Crippen molar-refractivity contribution in [1.29, 1.82) is 0 Å². The lowest BCUT2D eigenvalue weighted by Crippen LogP contribution is -2.21. The van der Waals surface area contributed by atoms with E-state index in [4.69, 9.17) is 21.1 Å². The molecular formula is C26H32ClN5O4S. The minimum Gasteiger partial charge on any atom is -0.492 e. The number of sulfone groups is 1. The molecule has 2 heterocycles. The third-order valence-corrected chi connectivity index (χ3v) is 8.45. The largest absolute Gasteiger partial charge is 0.492 e. The Kier molecular flexibility index (Phi) is 8.41. The Hall–Kier alpha value is -3.08. The number of rotatable bonds is 10. The van der Waals surface area contributed by atoms with Crippen molar-refractivity contribution in [3.63, 3.8) is 0 Å². The van der Waals surface area contributed by atoms with Crippen molar-refractivity contribution < 1.29 is 17.9 Å². The fourth-order valence-electron chi connectivity index (χ4n) is 3.97. The van der Waals surface area contributed by atoms with Crippen LogP contribution in [0.2, 0.25) is 5.02 Å². The number of nitrogens with zero attached hydrogens (tertiary/aromatic N) is 3. The van der Waals surface area contributed by atoms with Crippen LogP contribution in [0.15, 0.2) is 53.6 Å². The fourth-order valence-corrected chi connectivity index (χ4v) is 5.31. The first-order chi connectivity index (χ1) is 17.7. The van der Waals surface area contributed by atoms with Crippen LogP contribution in [0, 0.1) is 0 Å². The number of hydrogen-bond acceptors (Lipinski definition) is 9. The number of ether oxygens (including phenoxy) is 2. The van der Waals surface area contributed by atoms with Gasteiger partial charge in [0.15, 0.2) is 15.7 Å². The Labute approximate surface area is 223 Å². The Morgan fingerprint density at radius 2 is 1.95 bits per heavy atom. The van der Waals surface area contributed by atoms with Crippen LogP contribution in [0.5, 0.6) is 11.5 Å². The Balaban J connectivity index is 1.57. The molecule has 0 bridgehead atoms. The smallest absolute Gasteiger partial charge is 0.229 e. The molecule has 0 aliphatic carbocycles. The predicted octanol–water partition coefficient (Wildman–Crippen LogP) is 5.28. The van der Waals surface area contributed by atoms with Crippen molar-refractivity contribution in [2.24, 2.45) is 0 Å². The number of nitrogens with one attached hydrogen (secondary N) is 2. The average molecular weight is 546 g/mol. The number of halogens is 1. The molecule has 37 heavy (non-hydrogen) atoms. The zero-order valence-corrected chi connectivity index (χ0v) is 22.9. The third-order valence-electron chi connectivity index (χ3n) is 5.96. The lowest BCUT2D eigenvalue weighted by atomic mass is 10.2. The number of likely N-dealkylation sites (tertiary alicyclic amines) is 1. The molecule has 0 saturated carbocycles. The zero-order chi connectivity index (χ0) is 26.6. The summed E-state index contributed by atoms with van der Waals surface area (Å²) in [5.74, 6) is 1.88. The van der Waals surface area contributed by atoms with E-state index in [0.29, 0.717) is 23.7 Å². The van der Waals surface area contributed by atoms with Gasteiger partial charge in [0.05, 0.1) is 34.3 Å². The second-order valence-electron chi connectivity index (χ2n) is 9.11. The van der Waals surface area contributed by atoms with Crippen molar-refractivity contribution in [1.82, 2.24) is 14.9 Å². The van der Waals surface area contributed by atoms with Gasteiger partial charge in [-0.2, -0.15) is 4.98 Å². The van der Waals surface area contributed by atoms with E-state index in [9.17, 15) is 8.42 Å². The molecule has 198 valence electrons. The highest BCUT2D eigenvalue weighted by Crippen LogP contribution is 2.34. The highest BCUT2D eigenvalue weighted by Gasteiger charge is 2.24. The molecular weight excluding hydrogens is 514 g/mol. The van der Waals surface area contributed by atoms with Crippen LogP contribution < -0.4 is 20.1 Å². The van der Waals surface area contributed by atoms with Gasteiger partial charge in [0, 0.05) is 19.2 Å². The van der Waals surface area contributed by atoms with Crippen LogP contribution in [-0.2, 0) is 9.84 Å². The molecule has 1 aliphatic rings. The Morgan fingerprint density at radius 1 is 1.16 bits per heavy atom. The molecule has 0 spiro atoms.